The van der Waals surface area contributed by atoms with E-state index in [4.69, 9.17) is 15.4 Å². The molecule has 0 aliphatic heterocycles. The molecule has 0 saturated heterocycles. The highest BCUT2D eigenvalue weighted by atomic mass is 16.5. The Hall–Kier alpha value is -1.88. The summed E-state index contributed by atoms with van der Waals surface area (Å²) in [4.78, 5) is 10.6. The highest BCUT2D eigenvalue weighted by Gasteiger charge is 2.21. The summed E-state index contributed by atoms with van der Waals surface area (Å²) in [7, 11) is 0. The first-order valence-electron chi connectivity index (χ1n) is 4.03. The zero-order chi connectivity index (χ0) is 10.1. The number of nitrogens with two attached hydrogens (primary N) is 1. The molecule has 3 N–H and O–H groups in total. The smallest absolute Gasteiger partial charge is 0.326 e. The van der Waals surface area contributed by atoms with Crippen LogP contribution in [0, 0.1) is 0 Å². The van der Waals surface area contributed by atoms with Gasteiger partial charge in [0.2, 0.25) is 0 Å². The molecule has 0 aliphatic rings. The molecule has 0 fully saturated rings. The summed E-state index contributed by atoms with van der Waals surface area (Å²) in [5.41, 5.74) is 6.22. The van der Waals surface area contributed by atoms with Crippen molar-refractivity contribution < 1.29 is 14.4 Å². The van der Waals surface area contributed by atoms with E-state index < -0.39 is 12.0 Å². The van der Waals surface area contributed by atoms with Crippen molar-refractivity contribution >= 4 is 16.9 Å². The summed E-state index contributed by atoms with van der Waals surface area (Å²) in [5, 5.41) is 13.0. The number of carboxylic acid groups (broad SMARTS) is 1. The molecule has 0 radical (unpaired) electrons. The van der Waals surface area contributed by atoms with E-state index in [2.05, 4.69) is 5.16 Å². The van der Waals surface area contributed by atoms with Gasteiger partial charge in [0.05, 0.1) is 0 Å². The Labute approximate surface area is 79.1 Å². The van der Waals surface area contributed by atoms with Crippen molar-refractivity contribution in [1.29, 1.82) is 0 Å². The number of hydrogen-bond acceptors (Lipinski definition) is 4. The Balaban J connectivity index is 2.58. The lowest BCUT2D eigenvalue weighted by molar-refractivity contribution is -0.138. The van der Waals surface area contributed by atoms with Crippen LogP contribution in [0.2, 0.25) is 0 Å². The molecule has 0 amide bonds. The van der Waals surface area contributed by atoms with Crippen LogP contribution < -0.4 is 5.73 Å². The highest BCUT2D eigenvalue weighted by molar-refractivity contribution is 5.85. The lowest BCUT2D eigenvalue weighted by Crippen LogP contribution is -2.21. The van der Waals surface area contributed by atoms with Gasteiger partial charge < -0.3 is 15.4 Å². The number of rotatable bonds is 2. The van der Waals surface area contributed by atoms with Crippen LogP contribution in [0.4, 0.5) is 0 Å². The fourth-order valence-electron chi connectivity index (χ4n) is 1.25. The zero-order valence-corrected chi connectivity index (χ0v) is 7.18. The minimum absolute atomic E-state index is 0.258. The van der Waals surface area contributed by atoms with Crippen molar-refractivity contribution in [2.45, 2.75) is 6.04 Å². The van der Waals surface area contributed by atoms with Gasteiger partial charge in [-0.3, -0.25) is 4.79 Å². The lowest BCUT2D eigenvalue weighted by Gasteiger charge is -2.00. The number of para-hydroxylation sites is 1. The van der Waals surface area contributed by atoms with Gasteiger partial charge in [0, 0.05) is 5.39 Å². The van der Waals surface area contributed by atoms with E-state index in [1.165, 1.54) is 0 Å². The second kappa shape index (κ2) is 3.12. The number of benzene rings is 1. The zero-order valence-electron chi connectivity index (χ0n) is 7.18. The van der Waals surface area contributed by atoms with Gasteiger partial charge in [-0.05, 0) is 12.1 Å². The molecule has 0 unspecified atom stereocenters. The number of carboxylic acids is 1. The van der Waals surface area contributed by atoms with Crippen molar-refractivity contribution in [2.75, 3.05) is 0 Å². The molecule has 72 valence electrons. The average Bonchev–Trinajstić information content (AvgIpc) is 2.60. The maximum Gasteiger partial charge on any atom is 0.326 e. The van der Waals surface area contributed by atoms with Gasteiger partial charge in [0.25, 0.3) is 0 Å². The van der Waals surface area contributed by atoms with Crippen LogP contribution in [0.25, 0.3) is 11.0 Å². The topological polar surface area (TPSA) is 89.4 Å². The minimum atomic E-state index is -1.14. The molecule has 5 nitrogen and oxygen atoms in total. The van der Waals surface area contributed by atoms with E-state index in [1.54, 1.807) is 24.3 Å². The Kier molecular flexibility index (Phi) is 1.94. The fourth-order valence-corrected chi connectivity index (χ4v) is 1.25. The molecule has 1 aromatic carbocycles. The van der Waals surface area contributed by atoms with Crippen LogP contribution in [-0.4, -0.2) is 16.2 Å². The van der Waals surface area contributed by atoms with Gasteiger partial charge in [-0.25, -0.2) is 0 Å². The number of nitrogens with zero attached hydrogens (tertiary/aromatic N) is 1. The first-order valence-corrected chi connectivity index (χ1v) is 4.03. The maximum atomic E-state index is 10.6. The van der Waals surface area contributed by atoms with Crippen LogP contribution in [-0.2, 0) is 4.79 Å². The first-order chi connectivity index (χ1) is 6.70. The number of carbonyl (C=O) groups is 1. The van der Waals surface area contributed by atoms with Gasteiger partial charge in [-0.1, -0.05) is 17.3 Å². The van der Waals surface area contributed by atoms with Crippen molar-refractivity contribution in [1.82, 2.24) is 5.16 Å². The summed E-state index contributed by atoms with van der Waals surface area (Å²) in [6.07, 6.45) is 0. The predicted molar refractivity (Wildman–Crippen MR) is 48.6 cm³/mol. The molecule has 1 atom stereocenters. The van der Waals surface area contributed by atoms with Gasteiger partial charge in [0.15, 0.2) is 11.6 Å². The van der Waals surface area contributed by atoms with Gasteiger partial charge in [-0.2, -0.15) is 0 Å². The second-order valence-corrected chi connectivity index (χ2v) is 2.88. The largest absolute Gasteiger partial charge is 0.480 e. The molecule has 1 aromatic heterocycles. The second-order valence-electron chi connectivity index (χ2n) is 2.88. The van der Waals surface area contributed by atoms with Gasteiger partial charge >= 0.3 is 5.97 Å². The normalized spacial score (nSPS) is 12.9. The molecule has 5 heteroatoms. The number of aromatic nitrogens is 1. The molecule has 0 spiro atoms. The number of aliphatic carboxylic acids is 1. The third-order valence-corrected chi connectivity index (χ3v) is 1.97. The standard InChI is InChI=1S/C9H8N2O3/c10-7(9(12)13)8-5-3-1-2-4-6(5)14-11-8/h1-4,7H,10H2,(H,12,13)/t7-/m0/s1. The lowest BCUT2D eigenvalue weighted by atomic mass is 10.1. The molecule has 14 heavy (non-hydrogen) atoms. The summed E-state index contributed by atoms with van der Waals surface area (Å²) in [6, 6.07) is 5.85. The van der Waals surface area contributed by atoms with Crippen molar-refractivity contribution in [3.05, 3.63) is 30.0 Å². The van der Waals surface area contributed by atoms with Crippen molar-refractivity contribution in [2.24, 2.45) is 5.73 Å². The van der Waals surface area contributed by atoms with Gasteiger partial charge in [-0.15, -0.1) is 0 Å². The van der Waals surface area contributed by atoms with E-state index in [-0.39, 0.29) is 5.69 Å². The van der Waals surface area contributed by atoms with E-state index in [9.17, 15) is 4.79 Å². The van der Waals surface area contributed by atoms with E-state index >= 15 is 0 Å². The highest BCUT2D eigenvalue weighted by Crippen LogP contribution is 2.21. The molecule has 2 aromatic rings. The van der Waals surface area contributed by atoms with Crippen molar-refractivity contribution in [3.63, 3.8) is 0 Å². The monoisotopic (exact) mass is 192 g/mol. The predicted octanol–water partition coefficient (Wildman–Crippen LogP) is 0.912. The summed E-state index contributed by atoms with van der Waals surface area (Å²) >= 11 is 0. The Morgan fingerprint density at radius 1 is 1.50 bits per heavy atom. The third-order valence-electron chi connectivity index (χ3n) is 1.97. The SMILES string of the molecule is N[C@H](C(=O)O)c1noc2ccccc12. The van der Waals surface area contributed by atoms with E-state index in [1.807, 2.05) is 0 Å². The number of fused-ring (bicyclic) bond motifs is 1. The summed E-state index contributed by atoms with van der Waals surface area (Å²) < 4.78 is 4.93. The fraction of sp³-hybridized carbons (Fsp3) is 0.111. The van der Waals surface area contributed by atoms with Crippen LogP contribution in [0.15, 0.2) is 28.8 Å². The van der Waals surface area contributed by atoms with Crippen LogP contribution in [0.3, 0.4) is 0 Å². The van der Waals surface area contributed by atoms with Gasteiger partial charge in [0.1, 0.15) is 5.69 Å². The average molecular weight is 192 g/mol. The molecule has 2 rings (SSSR count). The molecular formula is C9H8N2O3. The molecule has 0 saturated carbocycles. The molecule has 0 bridgehead atoms. The molecular weight excluding hydrogens is 184 g/mol. The van der Waals surface area contributed by atoms with Crippen LogP contribution >= 0.6 is 0 Å². The Bertz CT molecular complexity index is 478. The summed E-state index contributed by atoms with van der Waals surface area (Å²) in [6.45, 7) is 0. The van der Waals surface area contributed by atoms with E-state index in [0.29, 0.717) is 11.0 Å². The van der Waals surface area contributed by atoms with Crippen LogP contribution in [0.5, 0.6) is 0 Å². The molecule has 1 heterocycles. The summed E-state index contributed by atoms with van der Waals surface area (Å²) in [5.74, 6) is -1.12. The van der Waals surface area contributed by atoms with Crippen LogP contribution in [0.1, 0.15) is 11.7 Å². The minimum Gasteiger partial charge on any atom is -0.480 e. The molecule has 0 aliphatic carbocycles. The number of hydrogen-bond donors (Lipinski definition) is 2. The third kappa shape index (κ3) is 1.23. The maximum absolute atomic E-state index is 10.6. The van der Waals surface area contributed by atoms with E-state index in [0.717, 1.165) is 0 Å². The van der Waals surface area contributed by atoms with Crippen molar-refractivity contribution in [3.8, 4) is 0 Å². The Morgan fingerprint density at radius 2 is 2.21 bits per heavy atom. The Morgan fingerprint density at radius 3 is 2.93 bits per heavy atom. The quantitative estimate of drug-likeness (QED) is 0.738. The first kappa shape index (κ1) is 8.71.